The summed E-state index contributed by atoms with van der Waals surface area (Å²) in [7, 11) is 3.95. The lowest BCUT2D eigenvalue weighted by molar-refractivity contribution is -0.114. The SMILES string of the molecule is CN(C)c1ccc(-c2ccc3c(c2)C(=CNCc2ccc(O)c(O)c2)C(=O)NC3=O)cc1. The fourth-order valence-electron chi connectivity index (χ4n) is 3.55. The van der Waals surface area contributed by atoms with Crippen LogP contribution in [0.4, 0.5) is 5.69 Å². The number of amides is 2. The number of anilines is 1. The van der Waals surface area contributed by atoms with Crippen LogP contribution in [0.15, 0.2) is 66.9 Å². The van der Waals surface area contributed by atoms with E-state index in [9.17, 15) is 19.8 Å². The van der Waals surface area contributed by atoms with Gasteiger partial charge >= 0.3 is 0 Å². The lowest BCUT2D eigenvalue weighted by atomic mass is 9.91. The Morgan fingerprint density at radius 1 is 0.844 bits per heavy atom. The van der Waals surface area contributed by atoms with E-state index in [1.54, 1.807) is 18.3 Å². The molecule has 7 nitrogen and oxygen atoms in total. The molecule has 0 saturated heterocycles. The normalized spacial score (nSPS) is 14.1. The number of nitrogens with zero attached hydrogens (tertiary/aromatic N) is 1. The molecule has 0 radical (unpaired) electrons. The number of imide groups is 1. The number of fused-ring (bicyclic) bond motifs is 1. The molecule has 0 bridgehead atoms. The highest BCUT2D eigenvalue weighted by molar-refractivity contribution is 6.31. The zero-order valence-corrected chi connectivity index (χ0v) is 17.7. The maximum Gasteiger partial charge on any atom is 0.260 e. The van der Waals surface area contributed by atoms with E-state index in [1.807, 2.05) is 55.4 Å². The lowest BCUT2D eigenvalue weighted by Crippen LogP contribution is -2.37. The van der Waals surface area contributed by atoms with E-state index in [1.165, 1.54) is 12.1 Å². The molecule has 0 atom stereocenters. The Balaban J connectivity index is 1.64. The summed E-state index contributed by atoms with van der Waals surface area (Å²) in [6.45, 7) is 0.319. The van der Waals surface area contributed by atoms with Gasteiger partial charge in [0.2, 0.25) is 0 Å². The van der Waals surface area contributed by atoms with Crippen LogP contribution in [0, 0.1) is 0 Å². The Bertz CT molecular complexity index is 1230. The van der Waals surface area contributed by atoms with Gasteiger partial charge in [0.25, 0.3) is 11.8 Å². The van der Waals surface area contributed by atoms with Gasteiger partial charge in [0.15, 0.2) is 11.5 Å². The molecule has 0 aromatic heterocycles. The van der Waals surface area contributed by atoms with Crippen molar-refractivity contribution in [2.24, 2.45) is 0 Å². The van der Waals surface area contributed by atoms with Crippen molar-refractivity contribution in [3.05, 3.63) is 83.6 Å². The Labute approximate surface area is 185 Å². The maximum absolute atomic E-state index is 12.6. The van der Waals surface area contributed by atoms with Crippen molar-refractivity contribution in [1.29, 1.82) is 0 Å². The molecule has 4 rings (SSSR count). The number of aromatic hydroxyl groups is 2. The number of carbonyl (C=O) groups excluding carboxylic acids is 2. The van der Waals surface area contributed by atoms with Crippen LogP contribution >= 0.6 is 0 Å². The number of carbonyl (C=O) groups is 2. The number of hydrogen-bond donors (Lipinski definition) is 4. The van der Waals surface area contributed by atoms with Gasteiger partial charge in [-0.25, -0.2) is 0 Å². The molecular formula is C25H23N3O4. The van der Waals surface area contributed by atoms with Crippen LogP contribution in [-0.4, -0.2) is 36.1 Å². The third-order valence-corrected chi connectivity index (χ3v) is 5.34. The minimum absolute atomic E-state index is 0.197. The van der Waals surface area contributed by atoms with Gasteiger partial charge in [-0.1, -0.05) is 24.3 Å². The molecule has 1 heterocycles. The van der Waals surface area contributed by atoms with Gasteiger partial charge in [-0.2, -0.15) is 0 Å². The summed E-state index contributed by atoms with van der Waals surface area (Å²) in [6, 6.07) is 18.0. The predicted molar refractivity (Wildman–Crippen MR) is 123 cm³/mol. The fraction of sp³-hybridized carbons (Fsp3) is 0.120. The number of rotatable bonds is 5. The van der Waals surface area contributed by atoms with Crippen LogP contribution < -0.4 is 15.5 Å². The fourth-order valence-corrected chi connectivity index (χ4v) is 3.55. The van der Waals surface area contributed by atoms with Crippen LogP contribution in [0.25, 0.3) is 16.7 Å². The van der Waals surface area contributed by atoms with Crippen LogP contribution in [0.3, 0.4) is 0 Å². The summed E-state index contributed by atoms with van der Waals surface area (Å²) < 4.78 is 0. The molecule has 0 fully saturated rings. The monoisotopic (exact) mass is 429 g/mol. The number of phenols is 2. The van der Waals surface area contributed by atoms with E-state index in [0.29, 0.717) is 23.2 Å². The number of benzene rings is 3. The minimum atomic E-state index is -0.483. The quantitative estimate of drug-likeness (QED) is 0.282. The van der Waals surface area contributed by atoms with E-state index >= 15 is 0 Å². The molecular weight excluding hydrogens is 406 g/mol. The molecule has 1 aliphatic heterocycles. The first-order valence-electron chi connectivity index (χ1n) is 10.1. The van der Waals surface area contributed by atoms with Crippen LogP contribution in [-0.2, 0) is 11.3 Å². The molecule has 1 aliphatic rings. The van der Waals surface area contributed by atoms with Gasteiger partial charge in [0, 0.05) is 43.7 Å². The van der Waals surface area contributed by atoms with Crippen molar-refractivity contribution in [2.75, 3.05) is 19.0 Å². The molecule has 7 heteroatoms. The lowest BCUT2D eigenvalue weighted by Gasteiger charge is -2.20. The van der Waals surface area contributed by atoms with E-state index in [4.69, 9.17) is 0 Å². The average Bonchev–Trinajstić information content (AvgIpc) is 2.78. The highest BCUT2D eigenvalue weighted by atomic mass is 16.3. The third kappa shape index (κ3) is 4.13. The molecule has 3 aromatic carbocycles. The molecule has 3 aromatic rings. The highest BCUT2D eigenvalue weighted by Crippen LogP contribution is 2.30. The molecule has 0 saturated carbocycles. The van der Waals surface area contributed by atoms with Gasteiger partial charge in [0.1, 0.15) is 0 Å². The summed E-state index contributed by atoms with van der Waals surface area (Å²) in [4.78, 5) is 26.9. The Hall–Kier alpha value is -4.26. The zero-order valence-electron chi connectivity index (χ0n) is 17.7. The smallest absolute Gasteiger partial charge is 0.260 e. The van der Waals surface area contributed by atoms with Crippen molar-refractivity contribution in [2.45, 2.75) is 6.54 Å². The summed E-state index contributed by atoms with van der Waals surface area (Å²) in [5.41, 5.74) is 4.98. The Morgan fingerprint density at radius 3 is 2.25 bits per heavy atom. The first kappa shape index (κ1) is 21.0. The summed E-state index contributed by atoms with van der Waals surface area (Å²) in [5.74, 6) is -1.32. The van der Waals surface area contributed by atoms with Crippen LogP contribution in [0.5, 0.6) is 11.5 Å². The molecule has 0 aliphatic carbocycles. The average molecular weight is 429 g/mol. The van der Waals surface area contributed by atoms with Crippen molar-refractivity contribution in [3.8, 4) is 22.6 Å². The second kappa shape index (κ2) is 8.47. The molecule has 162 valence electrons. The molecule has 32 heavy (non-hydrogen) atoms. The van der Waals surface area contributed by atoms with Gasteiger partial charge in [-0.05, 0) is 53.1 Å². The Kier molecular flexibility index (Phi) is 5.55. The second-order valence-corrected chi connectivity index (χ2v) is 7.75. The Morgan fingerprint density at radius 2 is 1.56 bits per heavy atom. The first-order chi connectivity index (χ1) is 15.3. The highest BCUT2D eigenvalue weighted by Gasteiger charge is 2.27. The van der Waals surface area contributed by atoms with Crippen molar-refractivity contribution < 1.29 is 19.8 Å². The van der Waals surface area contributed by atoms with E-state index in [0.717, 1.165) is 22.4 Å². The van der Waals surface area contributed by atoms with Crippen LogP contribution in [0.1, 0.15) is 21.5 Å². The van der Waals surface area contributed by atoms with Gasteiger partial charge < -0.3 is 20.4 Å². The minimum Gasteiger partial charge on any atom is -0.504 e. The molecule has 0 spiro atoms. The summed E-state index contributed by atoms with van der Waals surface area (Å²) in [5, 5.41) is 24.5. The predicted octanol–water partition coefficient (Wildman–Crippen LogP) is 3.23. The maximum atomic E-state index is 12.6. The standard InChI is InChI=1S/C25H23N3O4/c1-28(2)18-7-4-16(5-8-18)17-6-9-19-20(12-17)21(25(32)27-24(19)31)14-26-13-15-3-10-22(29)23(30)11-15/h3-12,14,26,29-30H,13H2,1-2H3,(H,27,31,32). The van der Waals surface area contributed by atoms with Gasteiger partial charge in [-0.15, -0.1) is 0 Å². The number of nitrogens with one attached hydrogen (secondary N) is 2. The van der Waals surface area contributed by atoms with Gasteiger partial charge in [0.05, 0.1) is 5.57 Å². The van der Waals surface area contributed by atoms with E-state index in [-0.39, 0.29) is 11.5 Å². The summed E-state index contributed by atoms with van der Waals surface area (Å²) in [6.07, 6.45) is 1.56. The topological polar surface area (TPSA) is 102 Å². The van der Waals surface area contributed by atoms with E-state index in [2.05, 4.69) is 10.6 Å². The summed E-state index contributed by atoms with van der Waals surface area (Å²) >= 11 is 0. The second-order valence-electron chi connectivity index (χ2n) is 7.75. The number of phenolic OH excluding ortho intramolecular Hbond substituents is 2. The largest absolute Gasteiger partial charge is 0.504 e. The first-order valence-corrected chi connectivity index (χ1v) is 10.1. The van der Waals surface area contributed by atoms with E-state index < -0.39 is 11.8 Å². The van der Waals surface area contributed by atoms with Gasteiger partial charge in [-0.3, -0.25) is 14.9 Å². The zero-order chi connectivity index (χ0) is 22.8. The third-order valence-electron chi connectivity index (χ3n) is 5.34. The van der Waals surface area contributed by atoms with Crippen molar-refractivity contribution in [3.63, 3.8) is 0 Å². The molecule has 4 N–H and O–H groups in total. The number of hydrogen-bond acceptors (Lipinski definition) is 6. The molecule has 0 unspecified atom stereocenters. The molecule has 2 amide bonds. The van der Waals surface area contributed by atoms with Crippen molar-refractivity contribution in [1.82, 2.24) is 10.6 Å². The van der Waals surface area contributed by atoms with Crippen molar-refractivity contribution >= 4 is 23.1 Å². The van der Waals surface area contributed by atoms with Crippen LogP contribution in [0.2, 0.25) is 0 Å².